The summed E-state index contributed by atoms with van der Waals surface area (Å²) < 4.78 is 15.0. The molecule has 0 aliphatic carbocycles. The van der Waals surface area contributed by atoms with Gasteiger partial charge >= 0.3 is 0 Å². The van der Waals surface area contributed by atoms with Gasteiger partial charge in [0.15, 0.2) is 0 Å². The highest BCUT2D eigenvalue weighted by Crippen LogP contribution is 2.25. The number of benzene rings is 2. The lowest BCUT2D eigenvalue weighted by Gasteiger charge is -2.20. The summed E-state index contributed by atoms with van der Waals surface area (Å²) >= 11 is 0. The highest BCUT2D eigenvalue weighted by molar-refractivity contribution is 6.44. The van der Waals surface area contributed by atoms with Crippen LogP contribution in [0.1, 0.15) is 17.7 Å². The molecule has 2 amide bonds. The lowest BCUT2D eigenvalue weighted by molar-refractivity contribution is -0.119. The van der Waals surface area contributed by atoms with Crippen LogP contribution in [0.25, 0.3) is 0 Å². The summed E-state index contributed by atoms with van der Waals surface area (Å²) in [6, 6.07) is 16.2. The van der Waals surface area contributed by atoms with Crippen LogP contribution in [0.5, 0.6) is 0 Å². The molecule has 1 aromatic heterocycles. The Bertz CT molecular complexity index is 1140. The average molecular weight is 420 g/mol. The molecule has 3 aromatic rings. The number of halogens is 1. The Hall–Kier alpha value is -4.01. The minimum atomic E-state index is -0.831. The fraction of sp³-hybridized carbons (Fsp3) is 0.182. The molecule has 1 unspecified atom stereocenters. The molecule has 0 radical (unpaired) electrons. The standard InChI is InChI=1S/C22H21FN6O2/c1-14-11-20(28(26-14)13-15-5-3-2-4-6-15)25-22(31)18-12-19(21(24)30)29(27-18)17-9-7-16(23)8-10-17/h2-11,19H,12-13H2,1H3,(H2,24,30)(H,25,31). The third kappa shape index (κ3) is 4.45. The highest BCUT2D eigenvalue weighted by Gasteiger charge is 2.35. The van der Waals surface area contributed by atoms with E-state index in [0.29, 0.717) is 18.1 Å². The Morgan fingerprint density at radius 3 is 2.55 bits per heavy atom. The van der Waals surface area contributed by atoms with E-state index in [4.69, 9.17) is 5.73 Å². The fourth-order valence-electron chi connectivity index (χ4n) is 3.41. The van der Waals surface area contributed by atoms with E-state index >= 15 is 0 Å². The van der Waals surface area contributed by atoms with Crippen LogP contribution in [0.3, 0.4) is 0 Å². The molecule has 0 bridgehead atoms. The van der Waals surface area contributed by atoms with Crippen LogP contribution >= 0.6 is 0 Å². The molecule has 0 saturated heterocycles. The Morgan fingerprint density at radius 1 is 1.16 bits per heavy atom. The molecule has 31 heavy (non-hydrogen) atoms. The molecule has 4 rings (SSSR count). The topological polar surface area (TPSA) is 106 Å². The summed E-state index contributed by atoms with van der Waals surface area (Å²) in [6.45, 7) is 2.33. The molecule has 1 aliphatic heterocycles. The van der Waals surface area contributed by atoms with Crippen molar-refractivity contribution in [3.05, 3.63) is 77.7 Å². The van der Waals surface area contributed by atoms with Crippen LogP contribution in [0.2, 0.25) is 0 Å². The summed E-state index contributed by atoms with van der Waals surface area (Å²) in [5.41, 5.74) is 7.92. The Balaban J connectivity index is 1.55. The van der Waals surface area contributed by atoms with Gasteiger partial charge in [-0.2, -0.15) is 10.2 Å². The monoisotopic (exact) mass is 420 g/mol. The number of primary amides is 1. The molecule has 0 fully saturated rings. The number of hydrogen-bond donors (Lipinski definition) is 2. The zero-order valence-electron chi connectivity index (χ0n) is 16.8. The third-order valence-electron chi connectivity index (χ3n) is 4.91. The van der Waals surface area contributed by atoms with Crippen LogP contribution in [-0.4, -0.2) is 33.3 Å². The number of nitrogens with one attached hydrogen (secondary N) is 1. The molecular formula is C22H21FN6O2. The first kappa shape index (κ1) is 20.3. The first-order valence-corrected chi connectivity index (χ1v) is 9.72. The number of nitrogens with two attached hydrogens (primary N) is 1. The van der Waals surface area contributed by atoms with Crippen molar-refractivity contribution < 1.29 is 14.0 Å². The van der Waals surface area contributed by atoms with Crippen molar-refractivity contribution in [2.24, 2.45) is 10.8 Å². The minimum absolute atomic E-state index is 0.0460. The van der Waals surface area contributed by atoms with E-state index in [-0.39, 0.29) is 12.1 Å². The normalized spacial score (nSPS) is 15.6. The number of carbonyl (C=O) groups is 2. The Morgan fingerprint density at radius 2 is 1.87 bits per heavy atom. The predicted molar refractivity (Wildman–Crippen MR) is 115 cm³/mol. The van der Waals surface area contributed by atoms with E-state index in [1.54, 1.807) is 10.7 Å². The third-order valence-corrected chi connectivity index (χ3v) is 4.91. The second-order valence-corrected chi connectivity index (χ2v) is 7.26. The van der Waals surface area contributed by atoms with Gasteiger partial charge in [-0.05, 0) is 36.8 Å². The van der Waals surface area contributed by atoms with Crippen LogP contribution in [0, 0.1) is 12.7 Å². The molecule has 1 aliphatic rings. The number of aryl methyl sites for hydroxylation is 1. The maximum atomic E-state index is 13.3. The molecule has 2 heterocycles. The number of hydrazone groups is 1. The summed E-state index contributed by atoms with van der Waals surface area (Å²) in [6.07, 6.45) is 0.0460. The molecule has 9 heteroatoms. The van der Waals surface area contributed by atoms with Gasteiger partial charge in [0.25, 0.3) is 5.91 Å². The maximum absolute atomic E-state index is 13.3. The lowest BCUT2D eigenvalue weighted by Crippen LogP contribution is -2.39. The fourth-order valence-corrected chi connectivity index (χ4v) is 3.41. The van der Waals surface area contributed by atoms with Crippen LogP contribution in [0.15, 0.2) is 65.8 Å². The van der Waals surface area contributed by atoms with Crippen molar-refractivity contribution in [2.45, 2.75) is 25.9 Å². The molecular weight excluding hydrogens is 399 g/mol. The molecule has 8 nitrogen and oxygen atoms in total. The zero-order valence-corrected chi connectivity index (χ0v) is 16.8. The largest absolute Gasteiger partial charge is 0.368 e. The molecule has 0 saturated carbocycles. The van der Waals surface area contributed by atoms with Gasteiger partial charge in [-0.3, -0.25) is 14.6 Å². The number of carbonyl (C=O) groups excluding carboxylic acids is 2. The Labute approximate surface area is 178 Å². The van der Waals surface area contributed by atoms with Gasteiger partial charge in [-0.25, -0.2) is 9.07 Å². The second-order valence-electron chi connectivity index (χ2n) is 7.26. The first-order chi connectivity index (χ1) is 14.9. The minimum Gasteiger partial charge on any atom is -0.368 e. The number of anilines is 2. The number of rotatable bonds is 6. The van der Waals surface area contributed by atoms with Crippen molar-refractivity contribution in [2.75, 3.05) is 10.3 Å². The molecule has 0 spiro atoms. The highest BCUT2D eigenvalue weighted by atomic mass is 19.1. The van der Waals surface area contributed by atoms with Crippen molar-refractivity contribution in [3.63, 3.8) is 0 Å². The molecule has 3 N–H and O–H groups in total. The maximum Gasteiger partial charge on any atom is 0.273 e. The van der Waals surface area contributed by atoms with E-state index < -0.39 is 23.7 Å². The SMILES string of the molecule is Cc1cc(NC(=O)C2=NN(c3ccc(F)cc3)C(C(N)=O)C2)n(Cc2ccccc2)n1. The summed E-state index contributed by atoms with van der Waals surface area (Å²) in [4.78, 5) is 24.8. The van der Waals surface area contributed by atoms with Gasteiger partial charge < -0.3 is 11.1 Å². The summed E-state index contributed by atoms with van der Waals surface area (Å²) in [7, 11) is 0. The van der Waals surface area contributed by atoms with Crippen LogP contribution < -0.4 is 16.1 Å². The number of hydrogen-bond acceptors (Lipinski definition) is 5. The quantitative estimate of drug-likeness (QED) is 0.639. The van der Waals surface area contributed by atoms with E-state index in [2.05, 4.69) is 15.5 Å². The predicted octanol–water partition coefficient (Wildman–Crippen LogP) is 2.44. The lowest BCUT2D eigenvalue weighted by atomic mass is 10.1. The van der Waals surface area contributed by atoms with E-state index in [1.165, 1.54) is 29.3 Å². The number of aromatic nitrogens is 2. The van der Waals surface area contributed by atoms with Gasteiger partial charge in [-0.15, -0.1) is 0 Å². The van der Waals surface area contributed by atoms with Crippen LogP contribution in [0.4, 0.5) is 15.9 Å². The molecule has 158 valence electrons. The van der Waals surface area contributed by atoms with E-state index in [0.717, 1.165) is 11.3 Å². The smallest absolute Gasteiger partial charge is 0.273 e. The molecule has 2 aromatic carbocycles. The first-order valence-electron chi connectivity index (χ1n) is 9.72. The van der Waals surface area contributed by atoms with E-state index in [9.17, 15) is 14.0 Å². The van der Waals surface area contributed by atoms with Gasteiger partial charge in [0.2, 0.25) is 5.91 Å². The summed E-state index contributed by atoms with van der Waals surface area (Å²) in [5.74, 6) is -0.974. The van der Waals surface area contributed by atoms with Gasteiger partial charge in [0, 0.05) is 12.5 Å². The van der Waals surface area contributed by atoms with Crippen molar-refractivity contribution >= 4 is 29.0 Å². The van der Waals surface area contributed by atoms with Gasteiger partial charge in [-0.1, -0.05) is 30.3 Å². The Kier molecular flexibility index (Phi) is 5.48. The molecule has 1 atom stereocenters. The summed E-state index contributed by atoms with van der Waals surface area (Å²) in [5, 5.41) is 12.9. The van der Waals surface area contributed by atoms with Gasteiger partial charge in [0.05, 0.1) is 17.9 Å². The van der Waals surface area contributed by atoms with Crippen molar-refractivity contribution in [1.29, 1.82) is 0 Å². The number of nitrogens with zero attached hydrogens (tertiary/aromatic N) is 4. The van der Waals surface area contributed by atoms with Gasteiger partial charge in [0.1, 0.15) is 23.4 Å². The average Bonchev–Trinajstić information content (AvgIpc) is 3.33. The van der Waals surface area contributed by atoms with Crippen molar-refractivity contribution in [1.82, 2.24) is 9.78 Å². The zero-order chi connectivity index (χ0) is 22.0. The van der Waals surface area contributed by atoms with E-state index in [1.807, 2.05) is 37.3 Å². The van der Waals surface area contributed by atoms with Crippen LogP contribution in [-0.2, 0) is 16.1 Å². The number of amides is 2. The van der Waals surface area contributed by atoms with Crippen molar-refractivity contribution in [3.8, 4) is 0 Å². The second kappa shape index (κ2) is 8.39.